The second-order valence-electron chi connectivity index (χ2n) is 4.35. The van der Waals surface area contributed by atoms with Crippen LogP contribution in [-0.4, -0.2) is 21.0 Å². The van der Waals surface area contributed by atoms with Gasteiger partial charge >= 0.3 is 0 Å². The Kier molecular flexibility index (Phi) is 5.45. The Morgan fingerprint density at radius 3 is 2.61 bits per heavy atom. The summed E-state index contributed by atoms with van der Waals surface area (Å²) in [5.41, 5.74) is 0.268. The molecule has 2 aromatic carbocycles. The van der Waals surface area contributed by atoms with E-state index in [1.54, 1.807) is 24.3 Å². The molecule has 0 aliphatic rings. The predicted molar refractivity (Wildman–Crippen MR) is 97.6 cm³/mol. The fraction of sp³-hybridized carbons (Fsp3) is 0. The number of nitro benzene ring substituents is 1. The van der Waals surface area contributed by atoms with E-state index in [1.807, 2.05) is 22.6 Å². The second-order valence-corrected chi connectivity index (χ2v) is 5.92. The zero-order chi connectivity index (χ0) is 17.0. The van der Waals surface area contributed by atoms with E-state index in [9.17, 15) is 20.0 Å². The molecular weight excluding hydrogens is 433 g/mol. The molecule has 0 bridgehead atoms. The molecule has 7 nitrogen and oxygen atoms in total. The van der Waals surface area contributed by atoms with E-state index >= 15 is 0 Å². The number of non-ortho nitro benzene ring substituents is 1. The number of nitrogens with one attached hydrogen (secondary N) is 2. The van der Waals surface area contributed by atoms with E-state index in [4.69, 9.17) is 12.2 Å². The van der Waals surface area contributed by atoms with Gasteiger partial charge in [-0.2, -0.15) is 0 Å². The third kappa shape index (κ3) is 4.36. The molecular formula is C14H10IN3O4S. The summed E-state index contributed by atoms with van der Waals surface area (Å²) in [6.07, 6.45) is 0. The van der Waals surface area contributed by atoms with Gasteiger partial charge < -0.3 is 10.4 Å². The highest BCUT2D eigenvalue weighted by Crippen LogP contribution is 2.27. The third-order valence-corrected chi connectivity index (χ3v) is 3.93. The van der Waals surface area contributed by atoms with Crippen molar-refractivity contribution < 1.29 is 14.8 Å². The van der Waals surface area contributed by atoms with E-state index in [-0.39, 0.29) is 22.2 Å². The van der Waals surface area contributed by atoms with Crippen LogP contribution in [0.2, 0.25) is 0 Å². The van der Waals surface area contributed by atoms with Crippen molar-refractivity contribution in [2.75, 3.05) is 5.32 Å². The molecule has 23 heavy (non-hydrogen) atoms. The zero-order valence-electron chi connectivity index (χ0n) is 11.4. The van der Waals surface area contributed by atoms with Crippen LogP contribution in [0.5, 0.6) is 5.75 Å². The van der Waals surface area contributed by atoms with Crippen molar-refractivity contribution in [1.82, 2.24) is 5.32 Å². The van der Waals surface area contributed by atoms with Crippen LogP contribution in [0.4, 0.5) is 11.4 Å². The summed E-state index contributed by atoms with van der Waals surface area (Å²) < 4.78 is 0.753. The van der Waals surface area contributed by atoms with Crippen LogP contribution in [0.15, 0.2) is 42.5 Å². The smallest absolute Gasteiger partial charge is 0.271 e. The molecule has 0 spiro atoms. The van der Waals surface area contributed by atoms with Crippen molar-refractivity contribution in [3.63, 3.8) is 0 Å². The van der Waals surface area contributed by atoms with Gasteiger partial charge in [0.1, 0.15) is 5.75 Å². The number of aromatic hydroxyl groups is 1. The minimum absolute atomic E-state index is 0.0345. The summed E-state index contributed by atoms with van der Waals surface area (Å²) >= 11 is 7.02. The molecule has 9 heteroatoms. The van der Waals surface area contributed by atoms with E-state index in [0.29, 0.717) is 5.56 Å². The first-order valence-corrected chi connectivity index (χ1v) is 7.71. The van der Waals surface area contributed by atoms with E-state index in [1.165, 1.54) is 6.07 Å². The van der Waals surface area contributed by atoms with Gasteiger partial charge in [0.05, 0.1) is 16.2 Å². The van der Waals surface area contributed by atoms with Crippen LogP contribution >= 0.6 is 34.8 Å². The van der Waals surface area contributed by atoms with E-state index in [0.717, 1.165) is 15.7 Å². The van der Waals surface area contributed by atoms with Gasteiger partial charge in [-0.15, -0.1) is 0 Å². The number of halogens is 1. The number of nitrogens with zero attached hydrogens (tertiary/aromatic N) is 1. The Labute approximate surface area is 150 Å². The van der Waals surface area contributed by atoms with Crippen molar-refractivity contribution in [1.29, 1.82) is 0 Å². The summed E-state index contributed by atoms with van der Waals surface area (Å²) in [7, 11) is 0. The summed E-state index contributed by atoms with van der Waals surface area (Å²) in [5.74, 6) is -0.640. The number of carbonyl (C=O) groups is 1. The molecule has 0 saturated carbocycles. The van der Waals surface area contributed by atoms with Gasteiger partial charge in [-0.05, 0) is 53.0 Å². The molecule has 2 rings (SSSR count). The predicted octanol–water partition coefficient (Wildman–Crippen LogP) is 3.03. The summed E-state index contributed by atoms with van der Waals surface area (Å²) in [6.45, 7) is 0. The Hall–Kier alpha value is -2.27. The summed E-state index contributed by atoms with van der Waals surface area (Å²) in [6, 6.07) is 10.4. The van der Waals surface area contributed by atoms with Crippen LogP contribution in [-0.2, 0) is 0 Å². The lowest BCUT2D eigenvalue weighted by Gasteiger charge is -2.11. The maximum absolute atomic E-state index is 12.1. The van der Waals surface area contributed by atoms with Crippen molar-refractivity contribution in [3.8, 4) is 5.75 Å². The van der Waals surface area contributed by atoms with Crippen molar-refractivity contribution in [3.05, 3.63) is 61.7 Å². The second kappa shape index (κ2) is 7.33. The fourth-order valence-electron chi connectivity index (χ4n) is 1.71. The van der Waals surface area contributed by atoms with Crippen LogP contribution in [0.3, 0.4) is 0 Å². The van der Waals surface area contributed by atoms with E-state index in [2.05, 4.69) is 10.6 Å². The Bertz CT molecular complexity index is 797. The normalized spacial score (nSPS) is 9.96. The lowest BCUT2D eigenvalue weighted by molar-refractivity contribution is -0.384. The highest BCUT2D eigenvalue weighted by atomic mass is 127. The average molecular weight is 443 g/mol. The number of anilines is 1. The number of rotatable bonds is 3. The monoisotopic (exact) mass is 443 g/mol. The zero-order valence-corrected chi connectivity index (χ0v) is 14.4. The van der Waals surface area contributed by atoms with Crippen LogP contribution < -0.4 is 10.6 Å². The molecule has 2 aromatic rings. The van der Waals surface area contributed by atoms with Crippen LogP contribution in [0, 0.1) is 13.7 Å². The van der Waals surface area contributed by atoms with Crippen molar-refractivity contribution >= 4 is 57.2 Å². The molecule has 118 valence electrons. The number of amides is 1. The standard InChI is InChI=1S/C14H10IN3O4S/c15-10-4-2-1-3-9(10)13(20)17-14(23)16-11-7-8(18(21)22)5-6-12(11)19/h1-7,19H,(H2,16,17,20,23). The lowest BCUT2D eigenvalue weighted by atomic mass is 10.2. The number of nitro groups is 1. The van der Waals surface area contributed by atoms with Gasteiger partial charge in [0, 0.05) is 15.7 Å². The number of benzene rings is 2. The van der Waals surface area contributed by atoms with Crippen molar-refractivity contribution in [2.45, 2.75) is 0 Å². The summed E-state index contributed by atoms with van der Waals surface area (Å²) in [5, 5.41) is 25.4. The minimum Gasteiger partial charge on any atom is -0.506 e. The van der Waals surface area contributed by atoms with Crippen LogP contribution in [0.1, 0.15) is 10.4 Å². The lowest BCUT2D eigenvalue weighted by Crippen LogP contribution is -2.34. The molecule has 0 heterocycles. The first-order chi connectivity index (χ1) is 10.9. The van der Waals surface area contributed by atoms with Gasteiger partial charge in [-0.1, -0.05) is 12.1 Å². The minimum atomic E-state index is -0.599. The Morgan fingerprint density at radius 1 is 1.26 bits per heavy atom. The third-order valence-electron chi connectivity index (χ3n) is 2.78. The molecule has 0 aliphatic carbocycles. The number of carbonyl (C=O) groups excluding carboxylic acids is 1. The first-order valence-electron chi connectivity index (χ1n) is 6.22. The van der Waals surface area contributed by atoms with Gasteiger partial charge in [-0.25, -0.2) is 0 Å². The van der Waals surface area contributed by atoms with E-state index < -0.39 is 10.8 Å². The Morgan fingerprint density at radius 2 is 1.96 bits per heavy atom. The van der Waals surface area contributed by atoms with Gasteiger partial charge in [0.25, 0.3) is 11.6 Å². The quantitative estimate of drug-likeness (QED) is 0.222. The molecule has 0 radical (unpaired) electrons. The topological polar surface area (TPSA) is 104 Å². The van der Waals surface area contributed by atoms with Gasteiger partial charge in [0.15, 0.2) is 5.11 Å². The molecule has 0 atom stereocenters. The molecule has 3 N–H and O–H groups in total. The number of hydrogen-bond donors (Lipinski definition) is 3. The maximum atomic E-state index is 12.1. The number of phenols is 1. The highest BCUT2D eigenvalue weighted by molar-refractivity contribution is 14.1. The van der Waals surface area contributed by atoms with Gasteiger partial charge in [0.2, 0.25) is 0 Å². The molecule has 0 aromatic heterocycles. The Balaban J connectivity index is 2.11. The fourth-order valence-corrected chi connectivity index (χ4v) is 2.54. The molecule has 0 fully saturated rings. The average Bonchev–Trinajstić information content (AvgIpc) is 2.49. The van der Waals surface area contributed by atoms with Crippen LogP contribution in [0.25, 0.3) is 0 Å². The number of thiocarbonyl (C=S) groups is 1. The molecule has 1 amide bonds. The molecule has 0 aliphatic heterocycles. The highest BCUT2D eigenvalue weighted by Gasteiger charge is 2.14. The SMILES string of the molecule is O=C(NC(=S)Nc1cc([N+](=O)[O-])ccc1O)c1ccccc1I. The first kappa shape index (κ1) is 17.1. The largest absolute Gasteiger partial charge is 0.506 e. The van der Waals surface area contributed by atoms with Gasteiger partial charge in [-0.3, -0.25) is 20.2 Å². The summed E-state index contributed by atoms with van der Waals surface area (Å²) in [4.78, 5) is 22.3. The number of phenolic OH excluding ortho intramolecular Hbond substituents is 1. The van der Waals surface area contributed by atoms with Crippen molar-refractivity contribution in [2.24, 2.45) is 0 Å². The maximum Gasteiger partial charge on any atom is 0.271 e. The molecule has 0 unspecified atom stereocenters. The molecule has 0 saturated heterocycles. The number of hydrogen-bond acceptors (Lipinski definition) is 5.